The molecule has 0 unspecified atom stereocenters. The molecule has 0 heterocycles. The van der Waals surface area contributed by atoms with E-state index in [2.05, 4.69) is 5.32 Å². The molecular formula is C23H23NO5S. The normalized spacial score (nSPS) is 11.2. The summed E-state index contributed by atoms with van der Waals surface area (Å²) in [6.07, 6.45) is 0. The molecule has 1 amide bonds. The van der Waals surface area contributed by atoms with Gasteiger partial charge in [-0.2, -0.15) is 0 Å². The third-order valence-corrected chi connectivity index (χ3v) is 6.83. The number of anilines is 1. The molecule has 0 aromatic heterocycles. The van der Waals surface area contributed by atoms with Gasteiger partial charge in [-0.3, -0.25) is 4.79 Å². The largest absolute Gasteiger partial charge is 0.506 e. The molecule has 2 N–H and O–H groups in total. The summed E-state index contributed by atoms with van der Waals surface area (Å²) in [5, 5.41) is 13.3. The zero-order chi connectivity index (χ0) is 22.1. The molecule has 0 saturated heterocycles. The van der Waals surface area contributed by atoms with Crippen molar-refractivity contribution in [3.8, 4) is 11.5 Å². The molecule has 0 bridgehead atoms. The van der Waals surface area contributed by atoms with Crippen LogP contribution in [0, 0.1) is 20.8 Å². The molecule has 6 nitrogen and oxygen atoms in total. The molecule has 0 spiro atoms. The van der Waals surface area contributed by atoms with Gasteiger partial charge >= 0.3 is 0 Å². The summed E-state index contributed by atoms with van der Waals surface area (Å²) >= 11 is 0. The fourth-order valence-electron chi connectivity index (χ4n) is 2.99. The highest BCUT2D eigenvalue weighted by molar-refractivity contribution is 7.91. The monoisotopic (exact) mass is 425 g/mol. The van der Waals surface area contributed by atoms with E-state index in [0.29, 0.717) is 28.1 Å². The summed E-state index contributed by atoms with van der Waals surface area (Å²) in [5.41, 5.74) is 2.59. The van der Waals surface area contributed by atoms with Crippen molar-refractivity contribution in [1.82, 2.24) is 0 Å². The quantitative estimate of drug-likeness (QED) is 0.591. The predicted molar refractivity (Wildman–Crippen MR) is 115 cm³/mol. The van der Waals surface area contributed by atoms with E-state index in [1.807, 2.05) is 6.92 Å². The zero-order valence-electron chi connectivity index (χ0n) is 17.2. The summed E-state index contributed by atoms with van der Waals surface area (Å²) in [7, 11) is -2.44. The second-order valence-corrected chi connectivity index (χ2v) is 8.94. The molecule has 0 saturated carbocycles. The van der Waals surface area contributed by atoms with Gasteiger partial charge in [0.1, 0.15) is 16.4 Å². The lowest BCUT2D eigenvalue weighted by molar-refractivity contribution is 0.102. The van der Waals surface area contributed by atoms with Gasteiger partial charge in [-0.05, 0) is 74.4 Å². The standard InChI is InChI=1S/C23H23NO5S/c1-14-5-11-19(12-6-14)30(27,28)21-13-20(15(2)16(3)22(21)25)24-23(26)17-7-9-18(29-4)10-8-17/h5-13,25H,1-4H3,(H,24,26). The predicted octanol–water partition coefficient (Wildman–Crippen LogP) is 4.41. The summed E-state index contributed by atoms with van der Waals surface area (Å²) in [5.74, 6) is -0.102. The van der Waals surface area contributed by atoms with E-state index in [1.54, 1.807) is 50.2 Å². The number of phenols is 1. The minimum Gasteiger partial charge on any atom is -0.506 e. The molecule has 0 aliphatic heterocycles. The molecule has 3 aromatic carbocycles. The first-order chi connectivity index (χ1) is 14.1. The average Bonchev–Trinajstić information content (AvgIpc) is 2.74. The first kappa shape index (κ1) is 21.4. The van der Waals surface area contributed by atoms with Crippen molar-refractivity contribution in [3.63, 3.8) is 0 Å². The van der Waals surface area contributed by atoms with E-state index in [9.17, 15) is 18.3 Å². The number of ether oxygens (including phenoxy) is 1. The van der Waals surface area contributed by atoms with Crippen molar-refractivity contribution in [2.75, 3.05) is 12.4 Å². The first-order valence-corrected chi connectivity index (χ1v) is 10.7. The van der Waals surface area contributed by atoms with Gasteiger partial charge in [0.2, 0.25) is 9.84 Å². The number of carbonyl (C=O) groups excluding carboxylic acids is 1. The SMILES string of the molecule is COc1ccc(C(=O)Nc2cc(S(=O)(=O)c3ccc(C)cc3)c(O)c(C)c2C)cc1. The highest BCUT2D eigenvalue weighted by Crippen LogP contribution is 2.37. The van der Waals surface area contributed by atoms with Gasteiger partial charge < -0.3 is 15.2 Å². The van der Waals surface area contributed by atoms with Gasteiger partial charge in [0, 0.05) is 11.3 Å². The number of amides is 1. The van der Waals surface area contributed by atoms with Crippen LogP contribution in [-0.4, -0.2) is 26.5 Å². The van der Waals surface area contributed by atoms with E-state index in [4.69, 9.17) is 4.74 Å². The van der Waals surface area contributed by atoms with Crippen LogP contribution in [0.5, 0.6) is 11.5 Å². The number of aromatic hydroxyl groups is 1. The molecule has 3 rings (SSSR count). The summed E-state index contributed by atoms with van der Waals surface area (Å²) < 4.78 is 31.3. The Morgan fingerprint density at radius 1 is 0.933 bits per heavy atom. The number of hydrogen-bond donors (Lipinski definition) is 2. The third kappa shape index (κ3) is 4.02. The lowest BCUT2D eigenvalue weighted by Gasteiger charge is -2.16. The molecule has 0 aliphatic rings. The van der Waals surface area contributed by atoms with Gasteiger partial charge in [-0.15, -0.1) is 0 Å². The fourth-order valence-corrected chi connectivity index (χ4v) is 4.42. The van der Waals surface area contributed by atoms with Crippen molar-refractivity contribution < 1.29 is 23.1 Å². The van der Waals surface area contributed by atoms with E-state index >= 15 is 0 Å². The maximum absolute atomic E-state index is 13.1. The van der Waals surface area contributed by atoms with Crippen LogP contribution in [0.1, 0.15) is 27.0 Å². The number of benzene rings is 3. The van der Waals surface area contributed by atoms with Gasteiger partial charge in [-0.1, -0.05) is 17.7 Å². The van der Waals surface area contributed by atoms with Crippen molar-refractivity contribution in [2.45, 2.75) is 30.6 Å². The van der Waals surface area contributed by atoms with Crippen LogP contribution in [0.2, 0.25) is 0 Å². The molecule has 0 atom stereocenters. The smallest absolute Gasteiger partial charge is 0.255 e. The first-order valence-electron chi connectivity index (χ1n) is 9.25. The summed E-state index contributed by atoms with van der Waals surface area (Å²) in [6, 6.07) is 14.2. The fraction of sp³-hybridized carbons (Fsp3) is 0.174. The van der Waals surface area contributed by atoms with E-state index in [1.165, 1.54) is 25.3 Å². The molecule has 7 heteroatoms. The third-order valence-electron chi connectivity index (χ3n) is 5.05. The van der Waals surface area contributed by atoms with Crippen LogP contribution in [0.15, 0.2) is 64.4 Å². The number of hydrogen-bond acceptors (Lipinski definition) is 5. The zero-order valence-corrected chi connectivity index (χ0v) is 18.0. The van der Waals surface area contributed by atoms with Crippen LogP contribution in [-0.2, 0) is 9.84 Å². The lowest BCUT2D eigenvalue weighted by Crippen LogP contribution is -2.14. The maximum atomic E-state index is 13.1. The van der Waals surface area contributed by atoms with Crippen LogP contribution < -0.4 is 10.1 Å². The second kappa shape index (κ2) is 8.20. The van der Waals surface area contributed by atoms with Crippen LogP contribution in [0.4, 0.5) is 5.69 Å². The van der Waals surface area contributed by atoms with Crippen molar-refractivity contribution in [3.05, 3.63) is 76.9 Å². The number of aryl methyl sites for hydroxylation is 1. The highest BCUT2D eigenvalue weighted by Gasteiger charge is 2.25. The van der Waals surface area contributed by atoms with Gasteiger partial charge in [0.25, 0.3) is 5.91 Å². The lowest BCUT2D eigenvalue weighted by atomic mass is 10.1. The Kier molecular flexibility index (Phi) is 5.85. The topological polar surface area (TPSA) is 92.7 Å². The second-order valence-electron chi connectivity index (χ2n) is 7.02. The Morgan fingerprint density at radius 2 is 1.53 bits per heavy atom. The highest BCUT2D eigenvalue weighted by atomic mass is 32.2. The van der Waals surface area contributed by atoms with Gasteiger partial charge in [0.15, 0.2) is 0 Å². The van der Waals surface area contributed by atoms with Crippen molar-refractivity contribution in [1.29, 1.82) is 0 Å². The van der Waals surface area contributed by atoms with E-state index in [-0.39, 0.29) is 15.5 Å². The molecule has 0 aliphatic carbocycles. The Hall–Kier alpha value is -3.32. The Balaban J connectivity index is 2.03. The van der Waals surface area contributed by atoms with Crippen molar-refractivity contribution in [2.24, 2.45) is 0 Å². The molecular weight excluding hydrogens is 402 g/mol. The summed E-state index contributed by atoms with van der Waals surface area (Å²) in [6.45, 7) is 5.18. The van der Waals surface area contributed by atoms with Crippen LogP contribution >= 0.6 is 0 Å². The average molecular weight is 426 g/mol. The molecule has 30 heavy (non-hydrogen) atoms. The summed E-state index contributed by atoms with van der Waals surface area (Å²) in [4.78, 5) is 12.5. The number of sulfone groups is 1. The van der Waals surface area contributed by atoms with E-state index < -0.39 is 15.7 Å². The molecule has 0 radical (unpaired) electrons. The minimum absolute atomic E-state index is 0.0686. The Morgan fingerprint density at radius 3 is 2.10 bits per heavy atom. The molecule has 156 valence electrons. The number of carbonyl (C=O) groups is 1. The molecule has 0 fully saturated rings. The number of phenolic OH excluding ortho intramolecular Hbond substituents is 1. The number of methoxy groups -OCH3 is 1. The number of rotatable bonds is 5. The number of nitrogens with one attached hydrogen (secondary N) is 1. The van der Waals surface area contributed by atoms with Crippen LogP contribution in [0.3, 0.4) is 0 Å². The Bertz CT molecular complexity index is 1200. The maximum Gasteiger partial charge on any atom is 0.255 e. The minimum atomic E-state index is -3.98. The van der Waals surface area contributed by atoms with Crippen LogP contribution in [0.25, 0.3) is 0 Å². The molecule has 3 aromatic rings. The van der Waals surface area contributed by atoms with Gasteiger partial charge in [-0.25, -0.2) is 8.42 Å². The van der Waals surface area contributed by atoms with Gasteiger partial charge in [0.05, 0.1) is 12.0 Å². The van der Waals surface area contributed by atoms with E-state index in [0.717, 1.165) is 5.56 Å². The Labute approximate surface area is 176 Å². The van der Waals surface area contributed by atoms with Crippen molar-refractivity contribution >= 4 is 21.4 Å².